The van der Waals surface area contributed by atoms with Gasteiger partial charge in [-0.05, 0) is 56.2 Å². The summed E-state index contributed by atoms with van der Waals surface area (Å²) in [5.74, 6) is -0.401. The number of carbonyl (C=O) groups excluding carboxylic acids is 3. The normalized spacial score (nSPS) is 11.5. The number of carbonyl (C=O) groups is 3. The van der Waals surface area contributed by atoms with Gasteiger partial charge in [0.15, 0.2) is 17.7 Å². The van der Waals surface area contributed by atoms with Crippen LogP contribution in [0.5, 0.6) is 11.5 Å². The van der Waals surface area contributed by atoms with Crippen molar-refractivity contribution in [1.82, 2.24) is 9.97 Å². The van der Waals surface area contributed by atoms with E-state index in [0.29, 0.717) is 23.7 Å². The summed E-state index contributed by atoms with van der Waals surface area (Å²) in [5, 5.41) is 0. The Balaban J connectivity index is 1.38. The highest BCUT2D eigenvalue weighted by atomic mass is 16.6. The van der Waals surface area contributed by atoms with Gasteiger partial charge in [-0.25, -0.2) is 24.4 Å². The van der Waals surface area contributed by atoms with Crippen molar-refractivity contribution in [3.05, 3.63) is 72.1 Å². The summed E-state index contributed by atoms with van der Waals surface area (Å²) in [6, 6.07) is 12.7. The quantitative estimate of drug-likeness (QED) is 0.0647. The third-order valence-corrected chi connectivity index (χ3v) is 7.43. The van der Waals surface area contributed by atoms with Crippen LogP contribution in [0.4, 0.5) is 0 Å². The smallest absolute Gasteiger partial charge is 0.347 e. The molecule has 0 N–H and O–H groups in total. The zero-order chi connectivity index (χ0) is 33.0. The minimum absolute atomic E-state index is 0.215. The van der Waals surface area contributed by atoms with E-state index in [1.807, 2.05) is 6.92 Å². The Morgan fingerprint density at radius 1 is 0.630 bits per heavy atom. The third-order valence-electron chi connectivity index (χ3n) is 7.43. The molecule has 0 aliphatic rings. The van der Waals surface area contributed by atoms with Gasteiger partial charge in [-0.15, -0.1) is 0 Å². The lowest BCUT2D eigenvalue weighted by atomic mass is 10.1. The van der Waals surface area contributed by atoms with E-state index in [4.69, 9.17) is 18.9 Å². The van der Waals surface area contributed by atoms with Crippen molar-refractivity contribution < 1.29 is 33.3 Å². The van der Waals surface area contributed by atoms with Crippen molar-refractivity contribution in [2.45, 2.75) is 104 Å². The largest absolute Gasteiger partial charge is 0.490 e. The SMILES string of the molecule is CCCCCCCCCCCCOc1cnc(-c2ccc(C(=O)Oc3ccc(C(=O)OC(C)C(=O)OCCCC)cc3)cc2)nc1. The molecule has 2 aromatic carbocycles. The summed E-state index contributed by atoms with van der Waals surface area (Å²) in [5.41, 5.74) is 1.32. The molecule has 0 amide bonds. The maximum atomic E-state index is 12.7. The number of hydrogen-bond acceptors (Lipinski definition) is 9. The molecule has 1 atom stereocenters. The third kappa shape index (κ3) is 13.0. The monoisotopic (exact) mass is 632 g/mol. The van der Waals surface area contributed by atoms with Crippen molar-refractivity contribution in [2.75, 3.05) is 13.2 Å². The molecule has 3 aromatic rings. The van der Waals surface area contributed by atoms with Crippen LogP contribution in [-0.2, 0) is 14.3 Å². The second-order valence-corrected chi connectivity index (χ2v) is 11.3. The molecule has 0 aliphatic heterocycles. The first kappa shape index (κ1) is 36.2. The average molecular weight is 633 g/mol. The van der Waals surface area contributed by atoms with Gasteiger partial charge in [0, 0.05) is 5.56 Å². The van der Waals surface area contributed by atoms with E-state index in [1.54, 1.807) is 36.7 Å². The highest BCUT2D eigenvalue weighted by molar-refractivity contribution is 5.93. The van der Waals surface area contributed by atoms with Crippen LogP contribution in [0.1, 0.15) is 119 Å². The summed E-state index contributed by atoms with van der Waals surface area (Å²) in [6.45, 7) is 6.63. The lowest BCUT2D eigenvalue weighted by Gasteiger charge is -2.13. The standard InChI is InChI=1S/C37H48N2O7/c1-4-6-8-9-10-11-12-13-14-15-25-43-33-26-38-34(39-27-33)29-16-18-30(19-17-29)37(42)46-32-22-20-31(21-23-32)36(41)45-28(3)35(40)44-24-7-5-2/h16-23,26-28H,4-15,24-25H2,1-3H3. The molecule has 248 valence electrons. The number of rotatable bonds is 21. The highest BCUT2D eigenvalue weighted by Gasteiger charge is 2.20. The molecule has 0 radical (unpaired) electrons. The molecule has 1 heterocycles. The van der Waals surface area contributed by atoms with Gasteiger partial charge in [0.05, 0.1) is 36.7 Å². The van der Waals surface area contributed by atoms with Crippen molar-refractivity contribution in [3.63, 3.8) is 0 Å². The van der Waals surface area contributed by atoms with Crippen LogP contribution in [0, 0.1) is 0 Å². The summed E-state index contributed by atoms with van der Waals surface area (Å²) in [4.78, 5) is 45.8. The molecular weight excluding hydrogens is 584 g/mol. The van der Waals surface area contributed by atoms with Crippen LogP contribution in [0.2, 0.25) is 0 Å². The van der Waals surface area contributed by atoms with E-state index in [0.717, 1.165) is 24.8 Å². The van der Waals surface area contributed by atoms with Crippen LogP contribution in [0.15, 0.2) is 60.9 Å². The molecule has 0 spiro atoms. The molecule has 1 aromatic heterocycles. The Morgan fingerprint density at radius 3 is 1.78 bits per heavy atom. The number of benzene rings is 2. The van der Waals surface area contributed by atoms with Crippen molar-refractivity contribution in [2.24, 2.45) is 0 Å². The van der Waals surface area contributed by atoms with Gasteiger partial charge in [-0.1, -0.05) is 90.2 Å². The molecule has 0 bridgehead atoms. The highest BCUT2D eigenvalue weighted by Crippen LogP contribution is 2.20. The number of ether oxygens (including phenoxy) is 4. The van der Waals surface area contributed by atoms with Crippen LogP contribution >= 0.6 is 0 Å². The minimum Gasteiger partial charge on any atom is -0.490 e. The summed E-state index contributed by atoms with van der Waals surface area (Å²) in [7, 11) is 0. The van der Waals surface area contributed by atoms with E-state index in [1.165, 1.54) is 89.0 Å². The Bertz CT molecular complexity index is 1330. The molecule has 0 fully saturated rings. The van der Waals surface area contributed by atoms with E-state index in [-0.39, 0.29) is 17.9 Å². The summed E-state index contributed by atoms with van der Waals surface area (Å²) >= 11 is 0. The first-order valence-electron chi connectivity index (χ1n) is 16.7. The van der Waals surface area contributed by atoms with Crippen molar-refractivity contribution >= 4 is 17.9 Å². The molecule has 0 saturated heterocycles. The lowest BCUT2D eigenvalue weighted by molar-refractivity contribution is -0.153. The maximum Gasteiger partial charge on any atom is 0.347 e. The Kier molecular flexibility index (Phi) is 16.3. The van der Waals surface area contributed by atoms with Gasteiger partial charge in [-0.2, -0.15) is 0 Å². The van der Waals surface area contributed by atoms with Crippen LogP contribution in [-0.4, -0.2) is 47.2 Å². The van der Waals surface area contributed by atoms with Crippen molar-refractivity contribution in [1.29, 1.82) is 0 Å². The van der Waals surface area contributed by atoms with Gasteiger partial charge in [0.25, 0.3) is 0 Å². The first-order chi connectivity index (χ1) is 22.4. The molecular formula is C37H48N2O7. The number of esters is 3. The minimum atomic E-state index is -1.03. The molecule has 9 heteroatoms. The predicted molar refractivity (Wildman–Crippen MR) is 177 cm³/mol. The van der Waals surface area contributed by atoms with Crippen molar-refractivity contribution in [3.8, 4) is 22.9 Å². The van der Waals surface area contributed by atoms with Gasteiger partial charge in [0.1, 0.15) is 5.75 Å². The molecule has 0 saturated carbocycles. The second-order valence-electron chi connectivity index (χ2n) is 11.3. The van der Waals surface area contributed by atoms with Gasteiger partial charge in [0.2, 0.25) is 0 Å². The van der Waals surface area contributed by atoms with Gasteiger partial charge < -0.3 is 18.9 Å². The fraction of sp³-hybridized carbons (Fsp3) is 0.486. The Labute approximate surface area is 273 Å². The second kappa shape index (κ2) is 20.7. The molecule has 1 unspecified atom stereocenters. The van der Waals surface area contributed by atoms with Gasteiger partial charge >= 0.3 is 17.9 Å². The fourth-order valence-corrected chi connectivity index (χ4v) is 4.61. The first-order valence-corrected chi connectivity index (χ1v) is 16.7. The fourth-order valence-electron chi connectivity index (χ4n) is 4.61. The summed E-state index contributed by atoms with van der Waals surface area (Å²) < 4.78 is 21.5. The van der Waals surface area contributed by atoms with E-state index < -0.39 is 24.0 Å². The van der Waals surface area contributed by atoms with E-state index in [2.05, 4.69) is 16.9 Å². The van der Waals surface area contributed by atoms with E-state index >= 15 is 0 Å². The molecule has 0 aliphatic carbocycles. The topological polar surface area (TPSA) is 114 Å². The zero-order valence-corrected chi connectivity index (χ0v) is 27.5. The number of hydrogen-bond donors (Lipinski definition) is 0. The van der Waals surface area contributed by atoms with Crippen LogP contribution in [0.25, 0.3) is 11.4 Å². The van der Waals surface area contributed by atoms with Gasteiger partial charge in [-0.3, -0.25) is 0 Å². The van der Waals surface area contributed by atoms with Crippen LogP contribution < -0.4 is 9.47 Å². The number of unbranched alkanes of at least 4 members (excludes halogenated alkanes) is 10. The number of aromatic nitrogens is 2. The lowest BCUT2D eigenvalue weighted by Crippen LogP contribution is -2.26. The molecule has 3 rings (SSSR count). The number of nitrogens with zero attached hydrogens (tertiary/aromatic N) is 2. The average Bonchev–Trinajstić information content (AvgIpc) is 3.08. The zero-order valence-electron chi connectivity index (χ0n) is 27.5. The molecule has 9 nitrogen and oxygen atoms in total. The Morgan fingerprint density at radius 2 is 1.17 bits per heavy atom. The summed E-state index contributed by atoms with van der Waals surface area (Å²) in [6.07, 6.45) is 16.7. The maximum absolute atomic E-state index is 12.7. The van der Waals surface area contributed by atoms with E-state index in [9.17, 15) is 14.4 Å². The molecule has 46 heavy (non-hydrogen) atoms. The Hall–Kier alpha value is -4.27. The van der Waals surface area contributed by atoms with Crippen LogP contribution in [0.3, 0.4) is 0 Å². The predicted octanol–water partition coefficient (Wildman–Crippen LogP) is 8.55.